The molecule has 9 heteroatoms. The maximum absolute atomic E-state index is 12.9. The molecule has 1 rings (SSSR count). The van der Waals surface area contributed by atoms with Crippen molar-refractivity contribution in [3.8, 4) is 0 Å². The fourth-order valence-electron chi connectivity index (χ4n) is 3.14. The Balaban J connectivity index is 2.93. The number of esters is 1. The summed E-state index contributed by atoms with van der Waals surface area (Å²) in [6, 6.07) is 5.70. The lowest BCUT2D eigenvalue weighted by atomic mass is 10.0. The van der Waals surface area contributed by atoms with Crippen LogP contribution >= 0.6 is 0 Å². The number of hydrogen-bond donors (Lipinski definition) is 4. The van der Waals surface area contributed by atoms with Crippen LogP contribution in [0.4, 0.5) is 0 Å². The van der Waals surface area contributed by atoms with E-state index in [1.807, 2.05) is 13.8 Å². The van der Waals surface area contributed by atoms with Crippen molar-refractivity contribution >= 4 is 23.8 Å². The van der Waals surface area contributed by atoms with Gasteiger partial charge in [0.15, 0.2) is 0 Å². The number of ether oxygens (including phenoxy) is 1. The predicted octanol–water partition coefficient (Wildman–Crippen LogP) is 1.78. The van der Waals surface area contributed by atoms with E-state index in [9.17, 15) is 24.3 Å². The largest absolute Gasteiger partial charge is 0.480 e. The van der Waals surface area contributed by atoms with E-state index in [4.69, 9.17) is 10.5 Å². The van der Waals surface area contributed by atoms with Crippen molar-refractivity contribution in [3.05, 3.63) is 35.9 Å². The third-order valence-corrected chi connectivity index (χ3v) is 4.65. The first-order valence-electron chi connectivity index (χ1n) is 11.1. The molecule has 0 saturated heterocycles. The van der Waals surface area contributed by atoms with Gasteiger partial charge in [0.2, 0.25) is 11.8 Å². The second-order valence-electron chi connectivity index (χ2n) is 9.51. The molecule has 0 bridgehead atoms. The van der Waals surface area contributed by atoms with Gasteiger partial charge in [-0.25, -0.2) is 4.79 Å². The Morgan fingerprint density at radius 1 is 1.00 bits per heavy atom. The molecule has 9 nitrogen and oxygen atoms in total. The normalized spacial score (nSPS) is 14.2. The molecule has 0 saturated carbocycles. The van der Waals surface area contributed by atoms with Gasteiger partial charge in [-0.05, 0) is 45.1 Å². The minimum atomic E-state index is -1.21. The van der Waals surface area contributed by atoms with Crippen LogP contribution < -0.4 is 16.4 Å². The summed E-state index contributed by atoms with van der Waals surface area (Å²) >= 11 is 0. The van der Waals surface area contributed by atoms with E-state index in [1.54, 1.807) is 51.1 Å². The Morgan fingerprint density at radius 3 is 2.09 bits per heavy atom. The maximum Gasteiger partial charge on any atom is 0.326 e. The monoisotopic (exact) mass is 463 g/mol. The number of carboxylic acid groups (broad SMARTS) is 1. The van der Waals surface area contributed by atoms with Gasteiger partial charge in [-0.15, -0.1) is 0 Å². The van der Waals surface area contributed by atoms with Crippen LogP contribution in [0.25, 0.3) is 0 Å². The summed E-state index contributed by atoms with van der Waals surface area (Å²) in [5.74, 6) is -2.81. The number of hydrogen-bond acceptors (Lipinski definition) is 6. The molecule has 184 valence electrons. The van der Waals surface area contributed by atoms with E-state index in [-0.39, 0.29) is 25.2 Å². The Bertz CT molecular complexity index is 804. The zero-order valence-corrected chi connectivity index (χ0v) is 20.1. The number of rotatable bonds is 12. The average molecular weight is 464 g/mol. The van der Waals surface area contributed by atoms with Gasteiger partial charge in [0.25, 0.3) is 0 Å². The molecule has 5 N–H and O–H groups in total. The quantitative estimate of drug-likeness (QED) is 0.345. The lowest BCUT2D eigenvalue weighted by Gasteiger charge is -2.24. The molecule has 0 radical (unpaired) electrons. The molecule has 0 aliphatic rings. The summed E-state index contributed by atoms with van der Waals surface area (Å²) in [5, 5.41) is 14.6. The summed E-state index contributed by atoms with van der Waals surface area (Å²) in [7, 11) is 0. The van der Waals surface area contributed by atoms with Gasteiger partial charge in [-0.3, -0.25) is 14.4 Å². The van der Waals surface area contributed by atoms with Crippen LogP contribution in [0.5, 0.6) is 0 Å². The molecule has 0 spiro atoms. The molecule has 33 heavy (non-hydrogen) atoms. The summed E-state index contributed by atoms with van der Waals surface area (Å²) in [6.45, 7) is 9.01. The number of carbonyl (C=O) groups is 4. The molecule has 0 heterocycles. The van der Waals surface area contributed by atoms with Gasteiger partial charge in [0, 0.05) is 12.8 Å². The van der Waals surface area contributed by atoms with Crippen molar-refractivity contribution in [2.75, 3.05) is 0 Å². The number of nitrogens with one attached hydrogen (secondary N) is 2. The fraction of sp³-hybridized carbons (Fsp3) is 0.583. The summed E-state index contributed by atoms with van der Waals surface area (Å²) in [6.07, 6.45) is 0.295. The maximum atomic E-state index is 12.9. The van der Waals surface area contributed by atoms with Crippen LogP contribution in [0, 0.1) is 5.92 Å². The average Bonchev–Trinajstić information content (AvgIpc) is 2.69. The lowest BCUT2D eigenvalue weighted by Crippen LogP contribution is -2.55. The number of carbonyl (C=O) groups excluding carboxylic acids is 3. The smallest absolute Gasteiger partial charge is 0.326 e. The highest BCUT2D eigenvalue weighted by atomic mass is 16.6. The van der Waals surface area contributed by atoms with Crippen molar-refractivity contribution < 1.29 is 29.0 Å². The first kappa shape index (κ1) is 28.1. The predicted molar refractivity (Wildman–Crippen MR) is 124 cm³/mol. The fourth-order valence-corrected chi connectivity index (χ4v) is 3.14. The van der Waals surface area contributed by atoms with Gasteiger partial charge in [0.05, 0.1) is 6.04 Å². The van der Waals surface area contributed by atoms with Gasteiger partial charge in [-0.2, -0.15) is 0 Å². The van der Waals surface area contributed by atoms with Gasteiger partial charge in [-0.1, -0.05) is 44.2 Å². The Morgan fingerprint density at radius 2 is 1.58 bits per heavy atom. The molecule has 2 amide bonds. The number of aliphatic carboxylic acids is 1. The standard InChI is InChI=1S/C24H37N3O6/c1-15(2)13-17(25)21(29)26-18(11-12-20(28)33-24(3,4)5)22(30)27-19(23(31)32)14-16-9-7-6-8-10-16/h6-10,15,17-19H,11-14,25H2,1-5H3,(H,26,29)(H,27,30)(H,31,32)/t17-,18-,19-/m0/s1. The van der Waals surface area contributed by atoms with E-state index in [0.717, 1.165) is 5.56 Å². The number of amides is 2. The zero-order chi connectivity index (χ0) is 25.2. The highest BCUT2D eigenvalue weighted by molar-refractivity contribution is 5.92. The minimum absolute atomic E-state index is 0.0570. The first-order chi connectivity index (χ1) is 15.3. The highest BCUT2D eigenvalue weighted by Gasteiger charge is 2.29. The van der Waals surface area contributed by atoms with Crippen molar-refractivity contribution in [2.45, 2.75) is 84.0 Å². The molecular formula is C24H37N3O6. The van der Waals surface area contributed by atoms with Crippen LogP contribution in [0.2, 0.25) is 0 Å². The first-order valence-corrected chi connectivity index (χ1v) is 11.1. The van der Waals surface area contributed by atoms with Crippen molar-refractivity contribution in [1.29, 1.82) is 0 Å². The SMILES string of the molecule is CC(C)C[C@H](N)C(=O)N[C@@H](CCC(=O)OC(C)(C)C)C(=O)N[C@@H](Cc1ccccc1)C(=O)O. The summed E-state index contributed by atoms with van der Waals surface area (Å²) in [5.41, 5.74) is 5.97. The molecule has 0 aliphatic carbocycles. The second-order valence-corrected chi connectivity index (χ2v) is 9.51. The van der Waals surface area contributed by atoms with Crippen LogP contribution in [-0.4, -0.2) is 52.6 Å². The number of benzene rings is 1. The highest BCUT2D eigenvalue weighted by Crippen LogP contribution is 2.11. The van der Waals surface area contributed by atoms with Crippen LogP contribution in [-0.2, 0) is 30.3 Å². The van der Waals surface area contributed by atoms with Gasteiger partial charge in [0.1, 0.15) is 17.7 Å². The van der Waals surface area contributed by atoms with E-state index in [2.05, 4.69) is 10.6 Å². The Kier molecular flexibility index (Phi) is 11.0. The third kappa shape index (κ3) is 11.5. The molecule has 3 atom stereocenters. The zero-order valence-electron chi connectivity index (χ0n) is 20.1. The number of nitrogens with two attached hydrogens (primary N) is 1. The van der Waals surface area contributed by atoms with Crippen LogP contribution in [0.1, 0.15) is 59.4 Å². The third-order valence-electron chi connectivity index (χ3n) is 4.65. The van der Waals surface area contributed by atoms with Crippen LogP contribution in [0.15, 0.2) is 30.3 Å². The minimum Gasteiger partial charge on any atom is -0.480 e. The lowest BCUT2D eigenvalue weighted by molar-refractivity contribution is -0.155. The second kappa shape index (κ2) is 12.9. The van der Waals surface area contributed by atoms with Crippen molar-refractivity contribution in [2.24, 2.45) is 11.7 Å². The molecular weight excluding hydrogens is 426 g/mol. The molecule has 1 aromatic rings. The summed E-state index contributed by atoms with van der Waals surface area (Å²) in [4.78, 5) is 49.4. The van der Waals surface area contributed by atoms with E-state index in [1.165, 1.54) is 0 Å². The Labute approximate surface area is 195 Å². The van der Waals surface area contributed by atoms with E-state index >= 15 is 0 Å². The van der Waals surface area contributed by atoms with E-state index in [0.29, 0.717) is 6.42 Å². The van der Waals surface area contributed by atoms with Crippen LogP contribution in [0.3, 0.4) is 0 Å². The topological polar surface area (TPSA) is 148 Å². The Hall–Kier alpha value is -2.94. The van der Waals surface area contributed by atoms with Crippen molar-refractivity contribution in [1.82, 2.24) is 10.6 Å². The molecule has 0 aromatic heterocycles. The molecule has 0 unspecified atom stereocenters. The molecule has 0 fully saturated rings. The molecule has 0 aliphatic heterocycles. The van der Waals surface area contributed by atoms with Crippen molar-refractivity contribution in [3.63, 3.8) is 0 Å². The van der Waals surface area contributed by atoms with Gasteiger partial charge < -0.3 is 26.2 Å². The van der Waals surface area contributed by atoms with E-state index < -0.39 is 47.5 Å². The van der Waals surface area contributed by atoms with Gasteiger partial charge >= 0.3 is 11.9 Å². The summed E-state index contributed by atoms with van der Waals surface area (Å²) < 4.78 is 5.27. The molecule has 1 aromatic carbocycles. The number of carboxylic acids is 1.